The Morgan fingerprint density at radius 1 is 0.308 bits per heavy atom. The van der Waals surface area contributed by atoms with Gasteiger partial charge in [-0.15, -0.1) is 0 Å². The van der Waals surface area contributed by atoms with Gasteiger partial charge in [-0.1, -0.05) is 163 Å². The molecule has 2 rings (SSSR count). The smallest absolute Gasteiger partial charge is 0.0152 e. The van der Waals surface area contributed by atoms with E-state index in [-0.39, 0.29) is 37.9 Å². The van der Waals surface area contributed by atoms with E-state index in [1.54, 1.807) is 16.7 Å². The van der Waals surface area contributed by atoms with Crippen LogP contribution in [0.1, 0.15) is 183 Å². The Bertz CT molecular complexity index is 1190. The lowest BCUT2D eigenvalue weighted by Crippen LogP contribution is -2.37. The van der Waals surface area contributed by atoms with Gasteiger partial charge in [-0.05, 0) is 77.0 Å². The number of hydrogen-bond donors (Lipinski definition) is 0. The van der Waals surface area contributed by atoms with Gasteiger partial charge >= 0.3 is 0 Å². The van der Waals surface area contributed by atoms with Gasteiger partial charge in [-0.3, -0.25) is 0 Å². The molecular formula is C39H64. The summed E-state index contributed by atoms with van der Waals surface area (Å²) < 4.78 is 0. The predicted octanol–water partition coefficient (Wildman–Crippen LogP) is 11.8. The Hall–Kier alpha value is -1.56. The maximum Gasteiger partial charge on any atom is 0.0152 e. The highest BCUT2D eigenvalue weighted by Gasteiger charge is 2.42. The van der Waals surface area contributed by atoms with E-state index < -0.39 is 0 Å². The topological polar surface area (TPSA) is 0 Å². The van der Waals surface area contributed by atoms with Gasteiger partial charge in [0.15, 0.2) is 0 Å². The molecular weight excluding hydrogens is 468 g/mol. The van der Waals surface area contributed by atoms with Gasteiger partial charge in [-0.2, -0.15) is 0 Å². The molecule has 0 radical (unpaired) electrons. The summed E-state index contributed by atoms with van der Waals surface area (Å²) in [6, 6.07) is 9.97. The van der Waals surface area contributed by atoms with Crippen molar-refractivity contribution in [2.75, 3.05) is 0 Å². The first kappa shape index (κ1) is 33.6. The largest absolute Gasteiger partial charge is 0.0582 e. The van der Waals surface area contributed by atoms with Crippen molar-refractivity contribution in [1.29, 1.82) is 0 Å². The lowest BCUT2D eigenvalue weighted by molar-refractivity contribution is 0.462. The van der Waals surface area contributed by atoms with Crippen LogP contribution in [-0.4, -0.2) is 0 Å². The van der Waals surface area contributed by atoms with E-state index in [0.717, 1.165) is 0 Å². The van der Waals surface area contributed by atoms with Crippen molar-refractivity contribution < 1.29 is 0 Å². The van der Waals surface area contributed by atoms with Crippen molar-refractivity contribution in [3.63, 3.8) is 0 Å². The van der Waals surface area contributed by atoms with Crippen LogP contribution >= 0.6 is 0 Å². The monoisotopic (exact) mass is 533 g/mol. The average molecular weight is 533 g/mol. The molecule has 0 heteroatoms. The Balaban J connectivity index is 3.35. The molecule has 0 heterocycles. The minimum Gasteiger partial charge on any atom is -0.0582 e. The summed E-state index contributed by atoms with van der Waals surface area (Å²) in [5.41, 5.74) is 12.0. The Morgan fingerprint density at radius 2 is 0.692 bits per heavy atom. The summed E-state index contributed by atoms with van der Waals surface area (Å²) in [5, 5.41) is 0. The van der Waals surface area contributed by atoms with Gasteiger partial charge in [0.05, 0.1) is 0 Å². The van der Waals surface area contributed by atoms with Crippen LogP contribution in [0.15, 0.2) is 24.3 Å². The maximum absolute atomic E-state index is 2.63. The molecule has 0 aromatic heterocycles. The van der Waals surface area contributed by atoms with Crippen molar-refractivity contribution in [2.45, 2.75) is 176 Å². The van der Waals surface area contributed by atoms with Crippen molar-refractivity contribution in [3.8, 4) is 0 Å². The van der Waals surface area contributed by atoms with Crippen molar-refractivity contribution in [3.05, 3.63) is 68.8 Å². The first-order valence-corrected chi connectivity index (χ1v) is 15.3. The number of rotatable bonds is 2. The third kappa shape index (κ3) is 6.85. The van der Waals surface area contributed by atoms with Crippen molar-refractivity contribution in [1.82, 2.24) is 0 Å². The highest BCUT2D eigenvalue weighted by Crippen LogP contribution is 2.51. The van der Waals surface area contributed by atoms with Crippen molar-refractivity contribution >= 4 is 0 Å². The zero-order valence-electron chi connectivity index (χ0n) is 29.8. The summed E-state index contributed by atoms with van der Waals surface area (Å²) in [7, 11) is 0. The first-order chi connectivity index (χ1) is 16.9. The second kappa shape index (κ2) is 9.77. The highest BCUT2D eigenvalue weighted by atomic mass is 14.5. The lowest BCUT2D eigenvalue weighted by Gasteiger charge is -2.45. The Kier molecular flexibility index (Phi) is 8.43. The number of benzene rings is 2. The summed E-state index contributed by atoms with van der Waals surface area (Å²) in [6.45, 7) is 48.1. The van der Waals surface area contributed by atoms with Gasteiger partial charge in [0.25, 0.3) is 0 Å². The first-order valence-electron chi connectivity index (χ1n) is 15.3. The van der Waals surface area contributed by atoms with E-state index in [0.29, 0.717) is 0 Å². The molecule has 0 aliphatic heterocycles. The molecule has 0 atom stereocenters. The standard InChI is InChI=1S/C39H64/c1-33(2,3)25-21-22-26(34(4,5)6)27(23-25)39(19,20)29-24-28(35(7,8)9)30(36(10,11)12)32(38(16,17)18)31(29)37(13,14)15/h21-24H,1-20H3. The van der Waals surface area contributed by atoms with Crippen LogP contribution in [0.2, 0.25) is 0 Å². The quantitative estimate of drug-likeness (QED) is 0.361. The normalized spacial score (nSPS) is 14.7. The van der Waals surface area contributed by atoms with Crippen LogP contribution in [0.25, 0.3) is 0 Å². The molecule has 0 bridgehead atoms. The molecule has 220 valence electrons. The molecule has 0 fully saturated rings. The molecule has 2 aromatic rings. The third-order valence-corrected chi connectivity index (χ3v) is 8.43. The molecule has 0 N–H and O–H groups in total. The molecule has 0 nitrogen and oxygen atoms in total. The highest BCUT2D eigenvalue weighted by molar-refractivity contribution is 5.61. The molecule has 0 unspecified atom stereocenters. The SMILES string of the molecule is CC(C)(C)c1ccc(C(C)(C)C)c(C(C)(C)c2cc(C(C)(C)C)c(C(C)(C)C)c(C(C)(C)C)c2C(C)(C)C)c1. The zero-order chi connectivity index (χ0) is 30.9. The second-order valence-electron chi connectivity index (χ2n) is 19.0. The molecule has 0 aliphatic carbocycles. The van der Waals surface area contributed by atoms with Gasteiger partial charge in [0, 0.05) is 5.41 Å². The zero-order valence-corrected chi connectivity index (χ0v) is 29.8. The van der Waals surface area contributed by atoms with Gasteiger partial charge < -0.3 is 0 Å². The minimum atomic E-state index is -0.178. The summed E-state index contributed by atoms with van der Waals surface area (Å²) in [5.74, 6) is 0. The van der Waals surface area contributed by atoms with Crippen LogP contribution in [-0.2, 0) is 37.9 Å². The molecule has 39 heavy (non-hydrogen) atoms. The lowest BCUT2D eigenvalue weighted by atomic mass is 9.59. The van der Waals surface area contributed by atoms with E-state index in [1.165, 1.54) is 27.8 Å². The van der Waals surface area contributed by atoms with Crippen LogP contribution < -0.4 is 0 Å². The predicted molar refractivity (Wildman–Crippen MR) is 177 cm³/mol. The summed E-state index contributed by atoms with van der Waals surface area (Å²) in [4.78, 5) is 0. The molecule has 2 aromatic carbocycles. The number of hydrogen-bond acceptors (Lipinski definition) is 0. The minimum absolute atomic E-state index is 0.00480. The molecule has 0 saturated carbocycles. The third-order valence-electron chi connectivity index (χ3n) is 8.43. The fourth-order valence-electron chi connectivity index (χ4n) is 6.40. The van der Waals surface area contributed by atoms with Gasteiger partial charge in [0.1, 0.15) is 0 Å². The fourth-order valence-corrected chi connectivity index (χ4v) is 6.40. The van der Waals surface area contributed by atoms with Gasteiger partial charge in [-0.25, -0.2) is 0 Å². The second-order valence-corrected chi connectivity index (χ2v) is 19.0. The van der Waals surface area contributed by atoms with Crippen LogP contribution in [0.3, 0.4) is 0 Å². The summed E-state index contributed by atoms with van der Waals surface area (Å²) >= 11 is 0. The van der Waals surface area contributed by atoms with E-state index >= 15 is 0 Å². The van der Waals surface area contributed by atoms with Crippen LogP contribution in [0.4, 0.5) is 0 Å². The Labute approximate surface area is 244 Å². The fraction of sp³-hybridized carbons (Fsp3) is 0.692. The van der Waals surface area contributed by atoms with Gasteiger partial charge in [0.2, 0.25) is 0 Å². The molecule has 0 spiro atoms. The van der Waals surface area contributed by atoms with E-state index in [9.17, 15) is 0 Å². The Morgan fingerprint density at radius 3 is 1.03 bits per heavy atom. The molecule has 0 saturated heterocycles. The molecule has 0 aliphatic rings. The van der Waals surface area contributed by atoms with Crippen LogP contribution in [0.5, 0.6) is 0 Å². The average Bonchev–Trinajstić information content (AvgIpc) is 2.67. The van der Waals surface area contributed by atoms with E-state index in [1.807, 2.05) is 0 Å². The van der Waals surface area contributed by atoms with Crippen LogP contribution in [0, 0.1) is 0 Å². The molecule has 0 amide bonds. The van der Waals surface area contributed by atoms with E-state index in [2.05, 4.69) is 163 Å². The maximum atomic E-state index is 2.63. The van der Waals surface area contributed by atoms with E-state index in [4.69, 9.17) is 0 Å². The summed E-state index contributed by atoms with van der Waals surface area (Å²) in [6.07, 6.45) is 0. The van der Waals surface area contributed by atoms with Crippen molar-refractivity contribution in [2.24, 2.45) is 0 Å².